The maximum absolute atomic E-state index is 13.4. The van der Waals surface area contributed by atoms with Gasteiger partial charge in [-0.1, -0.05) is 60.7 Å². The highest BCUT2D eigenvalue weighted by Crippen LogP contribution is 2.41. The molecule has 33 heavy (non-hydrogen) atoms. The summed E-state index contributed by atoms with van der Waals surface area (Å²) < 4.78 is 5.31. The summed E-state index contributed by atoms with van der Waals surface area (Å²) in [6.45, 7) is 2.27. The lowest BCUT2D eigenvalue weighted by molar-refractivity contribution is -0.130. The third-order valence-electron chi connectivity index (χ3n) is 6.54. The number of rotatable bonds is 7. The van der Waals surface area contributed by atoms with Gasteiger partial charge in [-0.25, -0.2) is 0 Å². The van der Waals surface area contributed by atoms with Crippen LogP contribution in [0.3, 0.4) is 0 Å². The first kappa shape index (κ1) is 21.2. The number of aliphatic hydroxyl groups is 1. The second-order valence-electron chi connectivity index (χ2n) is 8.51. The van der Waals surface area contributed by atoms with Gasteiger partial charge in [0.05, 0.1) is 23.9 Å². The SMILES string of the molecule is O=C(C1=C(O)C(=O)N(CC(c2ccccc2)N2CCCC2)C1c1ccccc1)c1ccco1. The molecular formula is C27H26N2O4. The van der Waals surface area contributed by atoms with Crippen molar-refractivity contribution in [3.63, 3.8) is 0 Å². The van der Waals surface area contributed by atoms with E-state index in [0.717, 1.165) is 37.1 Å². The van der Waals surface area contributed by atoms with Crippen LogP contribution in [0.1, 0.15) is 46.6 Å². The fourth-order valence-corrected chi connectivity index (χ4v) is 4.94. The van der Waals surface area contributed by atoms with Gasteiger partial charge >= 0.3 is 0 Å². The Balaban J connectivity index is 1.55. The summed E-state index contributed by atoms with van der Waals surface area (Å²) in [5.74, 6) is -1.40. The van der Waals surface area contributed by atoms with Crippen LogP contribution in [-0.4, -0.2) is 46.2 Å². The highest BCUT2D eigenvalue weighted by molar-refractivity contribution is 6.15. The summed E-state index contributed by atoms with van der Waals surface area (Å²) in [7, 11) is 0. The molecule has 1 N–H and O–H groups in total. The first-order valence-corrected chi connectivity index (χ1v) is 11.3. The third kappa shape index (κ3) is 3.98. The van der Waals surface area contributed by atoms with Crippen LogP contribution in [0.2, 0.25) is 0 Å². The monoisotopic (exact) mass is 442 g/mol. The molecule has 0 bridgehead atoms. The van der Waals surface area contributed by atoms with Gasteiger partial charge in [0.1, 0.15) is 0 Å². The van der Waals surface area contributed by atoms with E-state index in [4.69, 9.17) is 4.42 Å². The predicted molar refractivity (Wildman–Crippen MR) is 124 cm³/mol. The van der Waals surface area contributed by atoms with Crippen molar-refractivity contribution in [1.29, 1.82) is 0 Å². The number of ketones is 1. The number of furan rings is 1. The van der Waals surface area contributed by atoms with Crippen LogP contribution >= 0.6 is 0 Å². The quantitative estimate of drug-likeness (QED) is 0.537. The Morgan fingerprint density at radius 1 is 0.970 bits per heavy atom. The fraction of sp³-hybridized carbons (Fsp3) is 0.259. The van der Waals surface area contributed by atoms with Gasteiger partial charge in [-0.05, 0) is 49.2 Å². The van der Waals surface area contributed by atoms with Crippen LogP contribution in [0.4, 0.5) is 0 Å². The van der Waals surface area contributed by atoms with Crippen molar-refractivity contribution in [2.24, 2.45) is 0 Å². The molecule has 1 aromatic heterocycles. The number of Topliss-reactive ketones (excluding diaryl/α,β-unsaturated/α-hetero) is 1. The average Bonchev–Trinajstić information content (AvgIpc) is 3.62. The predicted octanol–water partition coefficient (Wildman–Crippen LogP) is 4.70. The largest absolute Gasteiger partial charge is 0.503 e. The van der Waals surface area contributed by atoms with Gasteiger partial charge in [0, 0.05) is 6.54 Å². The molecule has 168 valence electrons. The van der Waals surface area contributed by atoms with Crippen molar-refractivity contribution in [1.82, 2.24) is 9.80 Å². The van der Waals surface area contributed by atoms with E-state index >= 15 is 0 Å². The summed E-state index contributed by atoms with van der Waals surface area (Å²) in [4.78, 5) is 30.7. The topological polar surface area (TPSA) is 74.0 Å². The molecule has 2 aliphatic heterocycles. The van der Waals surface area contributed by atoms with E-state index in [1.54, 1.807) is 17.0 Å². The molecule has 0 radical (unpaired) electrons. The minimum absolute atomic E-state index is 0.0327. The molecule has 3 heterocycles. The molecular weight excluding hydrogens is 416 g/mol. The first-order chi connectivity index (χ1) is 16.1. The zero-order valence-electron chi connectivity index (χ0n) is 18.3. The summed E-state index contributed by atoms with van der Waals surface area (Å²) in [6, 6.07) is 22.0. The number of carbonyl (C=O) groups excluding carboxylic acids is 2. The van der Waals surface area contributed by atoms with Crippen molar-refractivity contribution in [2.45, 2.75) is 24.9 Å². The number of amides is 1. The summed E-state index contributed by atoms with van der Waals surface area (Å²) >= 11 is 0. The summed E-state index contributed by atoms with van der Waals surface area (Å²) in [6.07, 6.45) is 3.64. The maximum Gasteiger partial charge on any atom is 0.290 e. The van der Waals surface area contributed by atoms with Crippen LogP contribution < -0.4 is 0 Å². The lowest BCUT2D eigenvalue weighted by atomic mass is 9.94. The van der Waals surface area contributed by atoms with Gasteiger partial charge in [-0.15, -0.1) is 0 Å². The van der Waals surface area contributed by atoms with Gasteiger partial charge in [0.2, 0.25) is 5.78 Å². The molecule has 5 rings (SSSR count). The van der Waals surface area contributed by atoms with Crippen LogP contribution in [0, 0.1) is 0 Å². The zero-order chi connectivity index (χ0) is 22.8. The molecule has 1 saturated heterocycles. The number of carbonyl (C=O) groups is 2. The van der Waals surface area contributed by atoms with Crippen LogP contribution in [-0.2, 0) is 4.79 Å². The molecule has 2 aliphatic rings. The molecule has 2 aromatic carbocycles. The minimum atomic E-state index is -0.690. The summed E-state index contributed by atoms with van der Waals surface area (Å²) in [5.41, 5.74) is 1.96. The van der Waals surface area contributed by atoms with E-state index in [1.165, 1.54) is 6.26 Å². The fourth-order valence-electron chi connectivity index (χ4n) is 4.94. The normalized spacial score (nSPS) is 19.9. The highest BCUT2D eigenvalue weighted by atomic mass is 16.3. The third-order valence-corrected chi connectivity index (χ3v) is 6.54. The maximum atomic E-state index is 13.4. The number of likely N-dealkylation sites (tertiary alicyclic amines) is 1. The Bertz CT molecular complexity index is 1150. The second kappa shape index (κ2) is 9.08. The Kier molecular flexibility index (Phi) is 5.84. The zero-order valence-corrected chi connectivity index (χ0v) is 18.3. The molecule has 0 spiro atoms. The van der Waals surface area contributed by atoms with Gasteiger partial charge in [0.25, 0.3) is 5.91 Å². The van der Waals surface area contributed by atoms with Crippen molar-refractivity contribution < 1.29 is 19.1 Å². The minimum Gasteiger partial charge on any atom is -0.503 e. The van der Waals surface area contributed by atoms with Gasteiger partial charge in [0.15, 0.2) is 11.5 Å². The Morgan fingerprint density at radius 2 is 1.64 bits per heavy atom. The van der Waals surface area contributed by atoms with E-state index in [2.05, 4.69) is 17.0 Å². The Hall–Kier alpha value is -3.64. The van der Waals surface area contributed by atoms with Gasteiger partial charge in [-0.3, -0.25) is 14.5 Å². The number of hydrogen-bond donors (Lipinski definition) is 1. The number of aliphatic hydroxyl groups excluding tert-OH is 1. The molecule has 2 atom stereocenters. The highest BCUT2D eigenvalue weighted by Gasteiger charge is 2.45. The lowest BCUT2D eigenvalue weighted by Crippen LogP contribution is -2.40. The first-order valence-electron chi connectivity index (χ1n) is 11.3. The number of benzene rings is 2. The molecule has 2 unspecified atom stereocenters. The lowest BCUT2D eigenvalue weighted by Gasteiger charge is -2.35. The van der Waals surface area contributed by atoms with E-state index in [9.17, 15) is 14.7 Å². The Morgan fingerprint density at radius 3 is 2.27 bits per heavy atom. The van der Waals surface area contributed by atoms with Crippen LogP contribution in [0.15, 0.2) is 94.8 Å². The number of nitrogens with zero attached hydrogens (tertiary/aromatic N) is 2. The van der Waals surface area contributed by atoms with E-state index < -0.39 is 23.5 Å². The van der Waals surface area contributed by atoms with Crippen LogP contribution in [0.5, 0.6) is 0 Å². The molecule has 1 fully saturated rings. The Labute approximate surface area is 192 Å². The van der Waals surface area contributed by atoms with Crippen LogP contribution in [0.25, 0.3) is 0 Å². The smallest absolute Gasteiger partial charge is 0.290 e. The van der Waals surface area contributed by atoms with E-state index in [0.29, 0.717) is 6.54 Å². The van der Waals surface area contributed by atoms with E-state index in [1.807, 2.05) is 48.5 Å². The molecule has 6 heteroatoms. The average molecular weight is 443 g/mol. The standard InChI is InChI=1S/C27H26N2O4/c30-25(22-14-9-17-33-22)23-24(20-12-5-2-6-13-20)29(27(32)26(23)31)18-21(28-15-7-8-16-28)19-10-3-1-4-11-19/h1-6,9-14,17,21,24,31H,7-8,15-16,18H2. The van der Waals surface area contributed by atoms with Crippen molar-refractivity contribution >= 4 is 11.7 Å². The molecule has 0 aliphatic carbocycles. The second-order valence-corrected chi connectivity index (χ2v) is 8.51. The number of hydrogen-bond acceptors (Lipinski definition) is 5. The van der Waals surface area contributed by atoms with Gasteiger partial charge in [-0.2, -0.15) is 0 Å². The molecule has 0 saturated carbocycles. The molecule has 6 nitrogen and oxygen atoms in total. The molecule has 3 aromatic rings. The van der Waals surface area contributed by atoms with Crippen molar-refractivity contribution in [3.8, 4) is 0 Å². The molecule has 1 amide bonds. The van der Waals surface area contributed by atoms with E-state index in [-0.39, 0.29) is 17.4 Å². The van der Waals surface area contributed by atoms with Gasteiger partial charge < -0.3 is 14.4 Å². The van der Waals surface area contributed by atoms with Crippen molar-refractivity contribution in [2.75, 3.05) is 19.6 Å². The van der Waals surface area contributed by atoms with Crippen molar-refractivity contribution in [3.05, 3.63) is 107 Å². The summed E-state index contributed by atoms with van der Waals surface area (Å²) in [5, 5.41) is 10.9.